The largest absolute Gasteiger partial charge is 0.482 e. The number of nitrogens with one attached hydrogen (secondary N) is 1. The molecule has 1 fully saturated rings. The standard InChI is InChI=1S/C13H15N3O3/c1-9-5-6-15-8-12(9)19-11-4-2-3-10(7-14)13(11)16(17)18/h2-4,9,12,15H,5-6,8H2,1H3. The Hall–Kier alpha value is -2.13. The summed E-state index contributed by atoms with van der Waals surface area (Å²) in [6.45, 7) is 3.65. The van der Waals surface area contributed by atoms with Crippen LogP contribution in [-0.2, 0) is 0 Å². The summed E-state index contributed by atoms with van der Waals surface area (Å²) < 4.78 is 5.75. The van der Waals surface area contributed by atoms with Crippen LogP contribution in [0.15, 0.2) is 18.2 Å². The van der Waals surface area contributed by atoms with Gasteiger partial charge in [0.2, 0.25) is 0 Å². The SMILES string of the molecule is CC1CCNCC1Oc1cccc(C#N)c1[N+](=O)[O-]. The molecule has 2 rings (SSSR count). The molecule has 19 heavy (non-hydrogen) atoms. The Balaban J connectivity index is 2.29. The van der Waals surface area contributed by atoms with Crippen molar-refractivity contribution in [2.45, 2.75) is 19.4 Å². The summed E-state index contributed by atoms with van der Waals surface area (Å²) in [5.41, 5.74) is -0.221. The second-order valence-electron chi connectivity index (χ2n) is 4.65. The highest BCUT2D eigenvalue weighted by molar-refractivity contribution is 5.58. The van der Waals surface area contributed by atoms with Crippen LogP contribution >= 0.6 is 0 Å². The molecule has 0 amide bonds. The molecule has 0 bridgehead atoms. The molecule has 1 aromatic rings. The fourth-order valence-corrected chi connectivity index (χ4v) is 2.18. The van der Waals surface area contributed by atoms with Gasteiger partial charge in [0.05, 0.1) is 4.92 Å². The van der Waals surface area contributed by atoms with Crippen LogP contribution in [0.4, 0.5) is 5.69 Å². The van der Waals surface area contributed by atoms with Gasteiger partial charge in [0, 0.05) is 6.54 Å². The molecule has 100 valence electrons. The maximum absolute atomic E-state index is 11.1. The third-order valence-electron chi connectivity index (χ3n) is 3.34. The number of hydrogen-bond donors (Lipinski definition) is 1. The van der Waals surface area contributed by atoms with Gasteiger partial charge in [0.1, 0.15) is 17.7 Å². The molecule has 0 saturated carbocycles. The van der Waals surface area contributed by atoms with Crippen molar-refractivity contribution in [3.8, 4) is 11.8 Å². The number of rotatable bonds is 3. The number of nitro groups is 1. The van der Waals surface area contributed by atoms with Crippen molar-refractivity contribution in [2.24, 2.45) is 5.92 Å². The Morgan fingerprint density at radius 3 is 3.00 bits per heavy atom. The van der Waals surface area contributed by atoms with Crippen LogP contribution in [0.5, 0.6) is 5.75 Å². The average Bonchev–Trinajstić information content (AvgIpc) is 2.40. The van der Waals surface area contributed by atoms with Crippen LogP contribution in [0, 0.1) is 27.4 Å². The second kappa shape index (κ2) is 5.67. The molecule has 1 saturated heterocycles. The van der Waals surface area contributed by atoms with Crippen molar-refractivity contribution >= 4 is 5.69 Å². The third kappa shape index (κ3) is 2.83. The van der Waals surface area contributed by atoms with E-state index in [0.717, 1.165) is 13.0 Å². The molecule has 1 aliphatic heterocycles. The molecular weight excluding hydrogens is 246 g/mol. The molecule has 1 heterocycles. The minimum absolute atomic E-state index is 0.0268. The van der Waals surface area contributed by atoms with E-state index in [4.69, 9.17) is 10.00 Å². The number of hydrogen-bond acceptors (Lipinski definition) is 5. The van der Waals surface area contributed by atoms with Crippen LogP contribution in [-0.4, -0.2) is 24.1 Å². The Morgan fingerprint density at radius 2 is 2.37 bits per heavy atom. The lowest BCUT2D eigenvalue weighted by atomic mass is 9.97. The molecule has 6 heteroatoms. The third-order valence-corrected chi connectivity index (χ3v) is 3.34. The monoisotopic (exact) mass is 261 g/mol. The van der Waals surface area contributed by atoms with Gasteiger partial charge in [-0.05, 0) is 31.0 Å². The van der Waals surface area contributed by atoms with E-state index >= 15 is 0 Å². The van der Waals surface area contributed by atoms with E-state index in [1.54, 1.807) is 12.1 Å². The van der Waals surface area contributed by atoms with Gasteiger partial charge in [-0.15, -0.1) is 0 Å². The number of para-hydroxylation sites is 1. The molecule has 1 aliphatic rings. The molecule has 1 N–H and O–H groups in total. The Bertz CT molecular complexity index is 524. The summed E-state index contributed by atoms with van der Waals surface area (Å²) in [6, 6.07) is 6.39. The molecule has 2 atom stereocenters. The Kier molecular flexibility index (Phi) is 3.97. The highest BCUT2D eigenvalue weighted by atomic mass is 16.6. The fourth-order valence-electron chi connectivity index (χ4n) is 2.18. The number of piperidine rings is 1. The summed E-state index contributed by atoms with van der Waals surface area (Å²) in [6.07, 6.45) is 0.859. The summed E-state index contributed by atoms with van der Waals surface area (Å²) in [5.74, 6) is 0.496. The lowest BCUT2D eigenvalue weighted by molar-refractivity contribution is -0.386. The van der Waals surface area contributed by atoms with Gasteiger partial charge < -0.3 is 10.1 Å². The normalized spacial score (nSPS) is 22.5. The predicted octanol–water partition coefficient (Wildman–Crippen LogP) is 1.84. The molecule has 6 nitrogen and oxygen atoms in total. The van der Waals surface area contributed by atoms with Gasteiger partial charge in [-0.1, -0.05) is 13.0 Å². The molecule has 1 aromatic carbocycles. The highest BCUT2D eigenvalue weighted by Gasteiger charge is 2.27. The maximum Gasteiger partial charge on any atom is 0.328 e. The number of nitriles is 1. The zero-order valence-electron chi connectivity index (χ0n) is 10.6. The van der Waals surface area contributed by atoms with E-state index in [0.29, 0.717) is 12.5 Å². The van der Waals surface area contributed by atoms with Crippen molar-refractivity contribution in [3.05, 3.63) is 33.9 Å². The first kappa shape index (κ1) is 13.3. The zero-order chi connectivity index (χ0) is 13.8. The molecule has 2 unspecified atom stereocenters. The van der Waals surface area contributed by atoms with Crippen LogP contribution in [0.3, 0.4) is 0 Å². The number of nitro benzene ring substituents is 1. The summed E-state index contributed by atoms with van der Waals surface area (Å²) >= 11 is 0. The fraction of sp³-hybridized carbons (Fsp3) is 0.462. The second-order valence-corrected chi connectivity index (χ2v) is 4.65. The highest BCUT2D eigenvalue weighted by Crippen LogP contribution is 2.32. The van der Waals surface area contributed by atoms with Crippen LogP contribution in [0.2, 0.25) is 0 Å². The number of benzene rings is 1. The van der Waals surface area contributed by atoms with E-state index in [2.05, 4.69) is 12.2 Å². The lowest BCUT2D eigenvalue weighted by Crippen LogP contribution is -2.42. The van der Waals surface area contributed by atoms with Gasteiger partial charge >= 0.3 is 5.69 Å². The molecule has 0 spiro atoms. The Labute approximate surface area is 111 Å². The molecule has 0 radical (unpaired) electrons. The molecule has 0 aromatic heterocycles. The van der Waals surface area contributed by atoms with Crippen LogP contribution in [0.25, 0.3) is 0 Å². The van der Waals surface area contributed by atoms with Gasteiger partial charge in [-0.2, -0.15) is 5.26 Å². The maximum atomic E-state index is 11.1. The van der Waals surface area contributed by atoms with E-state index in [9.17, 15) is 10.1 Å². The van der Waals surface area contributed by atoms with Crippen LogP contribution in [0.1, 0.15) is 18.9 Å². The summed E-state index contributed by atoms with van der Waals surface area (Å²) in [5, 5.41) is 23.2. The first-order valence-electron chi connectivity index (χ1n) is 6.18. The lowest BCUT2D eigenvalue weighted by Gasteiger charge is -2.29. The topological polar surface area (TPSA) is 88.2 Å². The number of nitrogens with zero attached hydrogens (tertiary/aromatic N) is 2. The minimum atomic E-state index is -0.561. The number of ether oxygens (including phenoxy) is 1. The van der Waals surface area contributed by atoms with Crippen LogP contribution < -0.4 is 10.1 Å². The van der Waals surface area contributed by atoms with Gasteiger partial charge in [-0.3, -0.25) is 10.1 Å². The van der Waals surface area contributed by atoms with E-state index < -0.39 is 4.92 Å². The van der Waals surface area contributed by atoms with Crippen molar-refractivity contribution in [3.63, 3.8) is 0 Å². The van der Waals surface area contributed by atoms with E-state index in [1.807, 2.05) is 6.07 Å². The molecule has 0 aliphatic carbocycles. The van der Waals surface area contributed by atoms with Gasteiger partial charge in [0.25, 0.3) is 0 Å². The van der Waals surface area contributed by atoms with Gasteiger partial charge in [-0.25, -0.2) is 0 Å². The van der Waals surface area contributed by atoms with Crippen molar-refractivity contribution in [2.75, 3.05) is 13.1 Å². The molecular formula is C13H15N3O3. The van der Waals surface area contributed by atoms with Crippen molar-refractivity contribution in [1.29, 1.82) is 5.26 Å². The van der Waals surface area contributed by atoms with Crippen molar-refractivity contribution < 1.29 is 9.66 Å². The smallest absolute Gasteiger partial charge is 0.328 e. The minimum Gasteiger partial charge on any atom is -0.482 e. The summed E-state index contributed by atoms with van der Waals surface area (Å²) in [7, 11) is 0. The first-order chi connectivity index (χ1) is 9.13. The quantitative estimate of drug-likeness (QED) is 0.662. The average molecular weight is 261 g/mol. The Morgan fingerprint density at radius 1 is 1.58 bits per heavy atom. The van der Waals surface area contributed by atoms with E-state index in [-0.39, 0.29) is 23.1 Å². The first-order valence-corrected chi connectivity index (χ1v) is 6.18. The van der Waals surface area contributed by atoms with E-state index in [1.165, 1.54) is 6.07 Å². The van der Waals surface area contributed by atoms with Crippen molar-refractivity contribution in [1.82, 2.24) is 5.32 Å². The summed E-state index contributed by atoms with van der Waals surface area (Å²) in [4.78, 5) is 10.5. The zero-order valence-corrected chi connectivity index (χ0v) is 10.6. The van der Waals surface area contributed by atoms with Gasteiger partial charge in [0.15, 0.2) is 5.75 Å². The predicted molar refractivity (Wildman–Crippen MR) is 68.9 cm³/mol.